The third-order valence-electron chi connectivity index (χ3n) is 3.06. The van der Waals surface area contributed by atoms with Crippen LogP contribution < -0.4 is 10.6 Å². The second-order valence-corrected chi connectivity index (χ2v) is 5.27. The fraction of sp³-hybridized carbons (Fsp3) is 0.125. The summed E-state index contributed by atoms with van der Waals surface area (Å²) in [5.41, 5.74) is 4.63. The lowest BCUT2D eigenvalue weighted by Gasteiger charge is -2.10. The Morgan fingerprint density at radius 2 is 1.67 bits per heavy atom. The van der Waals surface area contributed by atoms with Gasteiger partial charge in [-0.1, -0.05) is 17.7 Å². The van der Waals surface area contributed by atoms with Crippen molar-refractivity contribution in [1.29, 1.82) is 0 Å². The van der Waals surface area contributed by atoms with Crippen LogP contribution in [0.5, 0.6) is 0 Å². The number of oxazole rings is 1. The Morgan fingerprint density at radius 1 is 1.00 bits per heavy atom. The van der Waals surface area contributed by atoms with Gasteiger partial charge in [0.25, 0.3) is 0 Å². The largest absolute Gasteiger partial charge is 0.441 e. The van der Waals surface area contributed by atoms with Crippen LogP contribution in [0.4, 0.5) is 11.4 Å². The Bertz CT molecular complexity index is 793. The van der Waals surface area contributed by atoms with Gasteiger partial charge in [0.2, 0.25) is 0 Å². The first-order valence-electron chi connectivity index (χ1n) is 6.62. The quantitative estimate of drug-likeness (QED) is 0.692. The van der Waals surface area contributed by atoms with E-state index in [2.05, 4.69) is 22.5 Å². The summed E-state index contributed by atoms with van der Waals surface area (Å²) in [5, 5.41) is 6.83. The maximum absolute atomic E-state index is 5.45. The van der Waals surface area contributed by atoms with Gasteiger partial charge in [0.1, 0.15) is 5.52 Å². The zero-order chi connectivity index (χ0) is 14.8. The van der Waals surface area contributed by atoms with Crippen LogP contribution in [0.2, 0.25) is 0 Å². The van der Waals surface area contributed by atoms with Crippen LogP contribution in [-0.4, -0.2) is 10.1 Å². The molecule has 0 saturated heterocycles. The van der Waals surface area contributed by atoms with Gasteiger partial charge in [-0.3, -0.25) is 0 Å². The number of hydrogen-bond donors (Lipinski definition) is 2. The monoisotopic (exact) mass is 297 g/mol. The Labute approximate surface area is 128 Å². The van der Waals surface area contributed by atoms with Crippen molar-refractivity contribution < 1.29 is 4.42 Å². The van der Waals surface area contributed by atoms with Gasteiger partial charge in [0, 0.05) is 18.3 Å². The first-order valence-corrected chi connectivity index (χ1v) is 7.03. The minimum Gasteiger partial charge on any atom is -0.441 e. The van der Waals surface area contributed by atoms with Crippen LogP contribution in [-0.2, 0) is 0 Å². The number of nitrogens with one attached hydrogen (secondary N) is 2. The van der Waals surface area contributed by atoms with Crippen molar-refractivity contribution in [3.8, 4) is 0 Å². The van der Waals surface area contributed by atoms with E-state index in [-0.39, 0.29) is 0 Å². The topological polar surface area (TPSA) is 50.1 Å². The lowest BCUT2D eigenvalue weighted by Crippen LogP contribution is -2.18. The number of benzene rings is 2. The predicted octanol–water partition coefficient (Wildman–Crippen LogP) is 4.25. The highest BCUT2D eigenvalue weighted by molar-refractivity contribution is 7.80. The molecule has 2 N–H and O–H groups in total. The Hall–Kier alpha value is -2.40. The van der Waals surface area contributed by atoms with E-state index >= 15 is 0 Å². The van der Waals surface area contributed by atoms with Gasteiger partial charge < -0.3 is 15.1 Å². The SMILES string of the molecule is Cc1ccc(NC(=S)Nc2ccc3oc(C)nc3c2)cc1. The van der Waals surface area contributed by atoms with Crippen LogP contribution in [0.25, 0.3) is 11.1 Å². The molecule has 1 heterocycles. The summed E-state index contributed by atoms with van der Waals surface area (Å²) >= 11 is 5.31. The summed E-state index contributed by atoms with van der Waals surface area (Å²) in [6, 6.07) is 13.8. The summed E-state index contributed by atoms with van der Waals surface area (Å²) in [4.78, 5) is 4.30. The lowest BCUT2D eigenvalue weighted by atomic mass is 10.2. The molecule has 0 radical (unpaired) electrons. The van der Waals surface area contributed by atoms with Gasteiger partial charge in [-0.15, -0.1) is 0 Å². The maximum atomic E-state index is 5.45. The molecule has 0 spiro atoms. The van der Waals surface area contributed by atoms with Gasteiger partial charge >= 0.3 is 0 Å². The van der Waals surface area contributed by atoms with E-state index in [1.165, 1.54) is 5.56 Å². The predicted molar refractivity (Wildman–Crippen MR) is 89.8 cm³/mol. The van der Waals surface area contributed by atoms with Crippen molar-refractivity contribution in [1.82, 2.24) is 4.98 Å². The molecule has 4 nitrogen and oxygen atoms in total. The molecule has 0 bridgehead atoms. The van der Waals surface area contributed by atoms with E-state index < -0.39 is 0 Å². The Kier molecular flexibility index (Phi) is 3.58. The zero-order valence-corrected chi connectivity index (χ0v) is 12.6. The molecular formula is C16H15N3OS. The number of nitrogens with zero attached hydrogens (tertiary/aromatic N) is 1. The second-order valence-electron chi connectivity index (χ2n) is 4.86. The number of rotatable bonds is 2. The molecule has 3 aromatic rings. The van der Waals surface area contributed by atoms with Crippen LogP contribution in [0, 0.1) is 13.8 Å². The number of anilines is 2. The highest BCUT2D eigenvalue weighted by Crippen LogP contribution is 2.20. The lowest BCUT2D eigenvalue weighted by molar-refractivity contribution is 0.561. The third kappa shape index (κ3) is 3.20. The van der Waals surface area contributed by atoms with Crippen molar-refractivity contribution in [2.24, 2.45) is 0 Å². The fourth-order valence-corrected chi connectivity index (χ4v) is 2.29. The van der Waals surface area contributed by atoms with Crippen molar-refractivity contribution in [3.63, 3.8) is 0 Å². The van der Waals surface area contributed by atoms with E-state index in [4.69, 9.17) is 16.6 Å². The number of thiocarbonyl (C=S) groups is 1. The van der Waals surface area contributed by atoms with Crippen molar-refractivity contribution in [3.05, 3.63) is 53.9 Å². The summed E-state index contributed by atoms with van der Waals surface area (Å²) in [7, 11) is 0. The number of aryl methyl sites for hydroxylation is 2. The second kappa shape index (κ2) is 5.54. The molecule has 3 rings (SSSR count). The molecule has 0 atom stereocenters. The van der Waals surface area contributed by atoms with Crippen LogP contribution in [0.1, 0.15) is 11.5 Å². The van der Waals surface area contributed by atoms with E-state index in [0.717, 1.165) is 22.5 Å². The van der Waals surface area contributed by atoms with Gasteiger partial charge in [-0.25, -0.2) is 4.98 Å². The van der Waals surface area contributed by atoms with Gasteiger partial charge in [-0.2, -0.15) is 0 Å². The van der Waals surface area contributed by atoms with Gasteiger partial charge in [0.05, 0.1) is 0 Å². The van der Waals surface area contributed by atoms with E-state index in [1.54, 1.807) is 0 Å². The van der Waals surface area contributed by atoms with Crippen molar-refractivity contribution >= 4 is 39.8 Å². The van der Waals surface area contributed by atoms with Gasteiger partial charge in [0.15, 0.2) is 16.6 Å². The van der Waals surface area contributed by atoms with Crippen LogP contribution in [0.15, 0.2) is 46.9 Å². The molecule has 2 aromatic carbocycles. The first-order chi connectivity index (χ1) is 10.1. The molecule has 0 aliphatic heterocycles. The molecule has 106 valence electrons. The first kappa shape index (κ1) is 13.6. The van der Waals surface area contributed by atoms with E-state index in [0.29, 0.717) is 11.0 Å². The molecule has 0 amide bonds. The van der Waals surface area contributed by atoms with Crippen LogP contribution >= 0.6 is 12.2 Å². The minimum absolute atomic E-state index is 0.540. The fourth-order valence-electron chi connectivity index (χ4n) is 2.05. The smallest absolute Gasteiger partial charge is 0.192 e. The normalized spacial score (nSPS) is 10.6. The molecule has 0 fully saturated rings. The van der Waals surface area contributed by atoms with E-state index in [1.807, 2.05) is 49.4 Å². The van der Waals surface area contributed by atoms with Crippen LogP contribution in [0.3, 0.4) is 0 Å². The number of aromatic nitrogens is 1. The van der Waals surface area contributed by atoms with Crippen molar-refractivity contribution in [2.75, 3.05) is 10.6 Å². The summed E-state index contributed by atoms with van der Waals surface area (Å²) in [6.45, 7) is 3.88. The highest BCUT2D eigenvalue weighted by atomic mass is 32.1. The summed E-state index contributed by atoms with van der Waals surface area (Å²) in [5.74, 6) is 0.655. The average molecular weight is 297 g/mol. The standard InChI is InChI=1S/C16H15N3OS/c1-10-3-5-12(6-4-10)18-16(21)19-13-7-8-15-14(9-13)17-11(2)20-15/h3-9H,1-2H3,(H2,18,19,21). The molecule has 5 heteroatoms. The Balaban J connectivity index is 1.71. The zero-order valence-electron chi connectivity index (χ0n) is 11.8. The number of fused-ring (bicyclic) bond motifs is 1. The van der Waals surface area contributed by atoms with Gasteiger partial charge in [-0.05, 0) is 49.5 Å². The Morgan fingerprint density at radius 3 is 2.43 bits per heavy atom. The molecule has 0 unspecified atom stereocenters. The maximum Gasteiger partial charge on any atom is 0.192 e. The molecule has 0 aliphatic rings. The van der Waals surface area contributed by atoms with Crippen molar-refractivity contribution in [2.45, 2.75) is 13.8 Å². The third-order valence-corrected chi connectivity index (χ3v) is 3.27. The molecule has 0 aliphatic carbocycles. The molecule has 21 heavy (non-hydrogen) atoms. The highest BCUT2D eigenvalue weighted by Gasteiger charge is 2.04. The average Bonchev–Trinajstić information content (AvgIpc) is 2.80. The number of hydrogen-bond acceptors (Lipinski definition) is 3. The molecule has 0 saturated carbocycles. The molecule has 1 aromatic heterocycles. The minimum atomic E-state index is 0.540. The summed E-state index contributed by atoms with van der Waals surface area (Å²) < 4.78 is 5.45. The molecular weight excluding hydrogens is 282 g/mol. The summed E-state index contributed by atoms with van der Waals surface area (Å²) in [6.07, 6.45) is 0. The van der Waals surface area contributed by atoms with E-state index in [9.17, 15) is 0 Å².